The van der Waals surface area contributed by atoms with E-state index >= 15 is 0 Å². The van der Waals surface area contributed by atoms with Crippen molar-refractivity contribution in [2.45, 2.75) is 25.1 Å². The minimum Gasteiger partial charge on any atom is -0.497 e. The molecule has 0 aromatic heterocycles. The third kappa shape index (κ3) is 5.86. The van der Waals surface area contributed by atoms with Crippen LogP contribution >= 0.6 is 11.8 Å². The maximum atomic E-state index is 13.4. The van der Waals surface area contributed by atoms with Gasteiger partial charge in [-0.1, -0.05) is 17.8 Å². The third-order valence-corrected chi connectivity index (χ3v) is 7.13. The molecule has 2 aliphatic heterocycles. The smallest absolute Gasteiger partial charge is 0.238 e. The molecule has 3 aromatic rings. The second-order valence-corrected chi connectivity index (χ2v) is 9.69. The van der Waals surface area contributed by atoms with Gasteiger partial charge in [0.25, 0.3) is 0 Å². The largest absolute Gasteiger partial charge is 0.497 e. The van der Waals surface area contributed by atoms with Crippen LogP contribution in [0.3, 0.4) is 0 Å². The van der Waals surface area contributed by atoms with Crippen LogP contribution < -0.4 is 24.3 Å². The monoisotopic (exact) mass is 533 g/mol. The summed E-state index contributed by atoms with van der Waals surface area (Å²) >= 11 is 1.26. The maximum absolute atomic E-state index is 13.4. The Morgan fingerprint density at radius 2 is 1.79 bits per heavy atom. The van der Waals surface area contributed by atoms with E-state index in [1.165, 1.54) is 11.8 Å². The molecule has 3 aromatic carbocycles. The van der Waals surface area contributed by atoms with Gasteiger partial charge in [-0.15, -0.1) is 0 Å². The van der Waals surface area contributed by atoms with Gasteiger partial charge in [-0.25, -0.2) is 4.99 Å². The third-order valence-electron chi connectivity index (χ3n) is 5.94. The molecule has 1 fully saturated rings. The van der Waals surface area contributed by atoms with Gasteiger partial charge in [-0.3, -0.25) is 14.5 Å². The van der Waals surface area contributed by atoms with Crippen LogP contribution in [-0.4, -0.2) is 47.6 Å². The number of amides is 2. The van der Waals surface area contributed by atoms with E-state index in [9.17, 15) is 9.59 Å². The number of methoxy groups -OCH3 is 1. The highest BCUT2D eigenvalue weighted by Gasteiger charge is 2.36. The molecule has 0 unspecified atom stereocenters. The minimum atomic E-state index is -0.640. The number of hydrogen-bond acceptors (Lipinski definition) is 8. The van der Waals surface area contributed by atoms with Crippen molar-refractivity contribution in [2.75, 3.05) is 25.8 Å². The van der Waals surface area contributed by atoms with E-state index < -0.39 is 5.25 Å². The molecule has 0 bridgehead atoms. The van der Waals surface area contributed by atoms with Crippen molar-refractivity contribution in [1.82, 2.24) is 4.90 Å². The Hall–Kier alpha value is -4.18. The molecule has 9 nitrogen and oxygen atoms in total. The van der Waals surface area contributed by atoms with E-state index in [-0.39, 0.29) is 31.6 Å². The average molecular weight is 534 g/mol. The summed E-state index contributed by atoms with van der Waals surface area (Å²) in [5.41, 5.74) is 2.14. The molecule has 5 rings (SSSR count). The number of benzene rings is 3. The van der Waals surface area contributed by atoms with Crippen molar-refractivity contribution >= 4 is 40.1 Å². The van der Waals surface area contributed by atoms with Crippen LogP contribution in [0.5, 0.6) is 23.0 Å². The Morgan fingerprint density at radius 3 is 2.53 bits per heavy atom. The molecule has 2 heterocycles. The molecule has 196 valence electrons. The van der Waals surface area contributed by atoms with E-state index in [1.54, 1.807) is 36.3 Å². The molecule has 1 saturated heterocycles. The highest BCUT2D eigenvalue weighted by atomic mass is 32.2. The second-order valence-electron chi connectivity index (χ2n) is 8.52. The molecule has 10 heteroatoms. The summed E-state index contributed by atoms with van der Waals surface area (Å²) in [6.45, 7) is 2.94. The number of nitrogens with zero attached hydrogens (tertiary/aromatic N) is 2. The Morgan fingerprint density at radius 1 is 1.05 bits per heavy atom. The summed E-state index contributed by atoms with van der Waals surface area (Å²) in [6, 6.07) is 19.9. The fraction of sp³-hybridized carbons (Fsp3) is 0.250. The van der Waals surface area contributed by atoms with Crippen LogP contribution in [0, 0.1) is 0 Å². The summed E-state index contributed by atoms with van der Waals surface area (Å²) < 4.78 is 21.6. The lowest BCUT2D eigenvalue weighted by Gasteiger charge is -2.32. The van der Waals surface area contributed by atoms with Gasteiger partial charge in [0.05, 0.1) is 25.9 Å². The minimum absolute atomic E-state index is 0.0412. The lowest BCUT2D eigenvalue weighted by molar-refractivity contribution is -0.129. The van der Waals surface area contributed by atoms with Crippen molar-refractivity contribution in [3.8, 4) is 23.0 Å². The molecule has 0 radical (unpaired) electrons. The SMILES string of the molecule is CCOc1ccc(N=C2S[C@H](C(=O)Nc3ccc(OC)cc3)CC(=O)N2Cc2ccc3c(c2)OCO3)cc1. The lowest BCUT2D eigenvalue weighted by atomic mass is 10.1. The molecule has 1 atom stereocenters. The molecule has 2 aliphatic rings. The van der Waals surface area contributed by atoms with E-state index in [4.69, 9.17) is 23.9 Å². The summed E-state index contributed by atoms with van der Waals surface area (Å²) in [6.07, 6.45) is 0.0412. The summed E-state index contributed by atoms with van der Waals surface area (Å²) in [5.74, 6) is 2.27. The fourth-order valence-corrected chi connectivity index (χ4v) is 5.11. The van der Waals surface area contributed by atoms with Gasteiger partial charge in [0, 0.05) is 12.1 Å². The van der Waals surface area contributed by atoms with Crippen LogP contribution in [0.1, 0.15) is 18.9 Å². The molecular formula is C28H27N3O6S. The molecular weight excluding hydrogens is 506 g/mol. The number of nitrogens with one attached hydrogen (secondary N) is 1. The highest BCUT2D eigenvalue weighted by Crippen LogP contribution is 2.35. The van der Waals surface area contributed by atoms with Gasteiger partial charge < -0.3 is 24.3 Å². The van der Waals surface area contributed by atoms with E-state index in [1.807, 2.05) is 49.4 Å². The number of aliphatic imine (C=N–C) groups is 1. The van der Waals surface area contributed by atoms with Gasteiger partial charge in [0.1, 0.15) is 16.7 Å². The first-order valence-electron chi connectivity index (χ1n) is 12.1. The molecule has 38 heavy (non-hydrogen) atoms. The number of anilines is 1. The molecule has 0 saturated carbocycles. The number of rotatable bonds is 8. The van der Waals surface area contributed by atoms with Crippen molar-refractivity contribution in [3.63, 3.8) is 0 Å². The number of fused-ring (bicyclic) bond motifs is 1. The Kier molecular flexibility index (Phi) is 7.69. The first-order chi connectivity index (χ1) is 18.5. The zero-order valence-electron chi connectivity index (χ0n) is 21.0. The predicted octanol–water partition coefficient (Wildman–Crippen LogP) is 4.98. The summed E-state index contributed by atoms with van der Waals surface area (Å²) in [4.78, 5) is 32.9. The van der Waals surface area contributed by atoms with Gasteiger partial charge in [-0.05, 0) is 73.2 Å². The summed E-state index contributed by atoms with van der Waals surface area (Å²) in [7, 11) is 1.58. The van der Waals surface area contributed by atoms with Crippen LogP contribution in [0.15, 0.2) is 71.7 Å². The van der Waals surface area contributed by atoms with Crippen LogP contribution in [-0.2, 0) is 16.1 Å². The van der Waals surface area contributed by atoms with Gasteiger partial charge >= 0.3 is 0 Å². The first kappa shape index (κ1) is 25.5. The maximum Gasteiger partial charge on any atom is 0.238 e. The molecule has 0 aliphatic carbocycles. The molecule has 1 N–H and O–H groups in total. The average Bonchev–Trinajstić information content (AvgIpc) is 3.40. The fourth-order valence-electron chi connectivity index (χ4n) is 4.01. The van der Waals surface area contributed by atoms with Crippen molar-refractivity contribution in [2.24, 2.45) is 4.99 Å². The van der Waals surface area contributed by atoms with Crippen molar-refractivity contribution in [1.29, 1.82) is 0 Å². The number of carbonyl (C=O) groups is 2. The number of amidine groups is 1. The number of thioether (sulfide) groups is 1. The van der Waals surface area contributed by atoms with Crippen molar-refractivity contribution in [3.05, 3.63) is 72.3 Å². The van der Waals surface area contributed by atoms with Crippen LogP contribution in [0.25, 0.3) is 0 Å². The molecule has 2 amide bonds. The van der Waals surface area contributed by atoms with E-state index in [2.05, 4.69) is 5.32 Å². The second kappa shape index (κ2) is 11.5. The topological polar surface area (TPSA) is 98.7 Å². The summed E-state index contributed by atoms with van der Waals surface area (Å²) in [5, 5.41) is 2.70. The zero-order chi connectivity index (χ0) is 26.5. The number of carbonyl (C=O) groups excluding carboxylic acids is 2. The van der Waals surface area contributed by atoms with Crippen molar-refractivity contribution < 1.29 is 28.5 Å². The highest BCUT2D eigenvalue weighted by molar-refractivity contribution is 8.15. The van der Waals surface area contributed by atoms with Gasteiger partial charge in [0.15, 0.2) is 16.7 Å². The van der Waals surface area contributed by atoms with E-state index in [0.29, 0.717) is 40.4 Å². The Balaban J connectivity index is 1.39. The normalized spacial score (nSPS) is 17.4. The van der Waals surface area contributed by atoms with E-state index in [0.717, 1.165) is 11.3 Å². The number of ether oxygens (including phenoxy) is 4. The zero-order valence-corrected chi connectivity index (χ0v) is 21.8. The standard InChI is InChI=1S/C28H27N3O6S/c1-3-35-22-11-7-20(8-12-22)30-28-31(16-18-4-13-23-24(14-18)37-17-36-23)26(32)15-25(38-28)27(33)29-19-5-9-21(34-2)10-6-19/h4-14,25H,3,15-17H2,1-2H3,(H,29,33)/t25-/m0/s1. The Labute approximate surface area is 224 Å². The van der Waals surface area contributed by atoms with Crippen LogP contribution in [0.4, 0.5) is 11.4 Å². The quantitative estimate of drug-likeness (QED) is 0.436. The first-order valence-corrected chi connectivity index (χ1v) is 13.0. The predicted molar refractivity (Wildman–Crippen MR) is 145 cm³/mol. The number of hydrogen-bond donors (Lipinski definition) is 1. The van der Waals surface area contributed by atoms with Gasteiger partial charge in [-0.2, -0.15) is 0 Å². The molecule has 0 spiro atoms. The Bertz CT molecular complexity index is 1340. The van der Waals surface area contributed by atoms with Gasteiger partial charge in [0.2, 0.25) is 18.6 Å². The van der Waals surface area contributed by atoms with Crippen LogP contribution in [0.2, 0.25) is 0 Å². The lowest BCUT2D eigenvalue weighted by Crippen LogP contribution is -2.44.